The fourth-order valence-electron chi connectivity index (χ4n) is 3.80. The standard InChI is InChI=1S/C26H31N4OPS/c1-30(26(27)28)21-25(31)29-17-19-33-20-18-32(22-11-5-2-6-12-22,23-13-7-3-8-14-23)24-15-9-4-10-16-24/h2-16H,17-21H2,1H3,(H3-,27,28,29,31)/p+1. The lowest BCUT2D eigenvalue weighted by molar-refractivity contribution is -0.121. The lowest BCUT2D eigenvalue weighted by Crippen LogP contribution is -2.41. The van der Waals surface area contributed by atoms with E-state index in [9.17, 15) is 4.79 Å². The van der Waals surface area contributed by atoms with Crippen LogP contribution < -0.4 is 27.0 Å². The summed E-state index contributed by atoms with van der Waals surface area (Å²) in [5.74, 6) is 1.61. The molecule has 0 aliphatic heterocycles. The van der Waals surface area contributed by atoms with Crippen LogP contribution in [0.1, 0.15) is 0 Å². The van der Waals surface area contributed by atoms with E-state index < -0.39 is 7.26 Å². The first-order chi connectivity index (χ1) is 16.0. The van der Waals surface area contributed by atoms with Gasteiger partial charge >= 0.3 is 0 Å². The van der Waals surface area contributed by atoms with Gasteiger partial charge in [0.05, 0.1) is 12.7 Å². The monoisotopic (exact) mass is 479 g/mol. The number of amides is 1. The molecule has 3 rings (SSSR count). The summed E-state index contributed by atoms with van der Waals surface area (Å²) >= 11 is 1.86. The molecule has 172 valence electrons. The lowest BCUT2D eigenvalue weighted by atomic mass is 10.4. The third-order valence-electron chi connectivity index (χ3n) is 5.52. The number of likely N-dealkylation sites (N-methyl/N-ethyl adjacent to an activating group) is 1. The van der Waals surface area contributed by atoms with Crippen molar-refractivity contribution >= 4 is 46.8 Å². The van der Waals surface area contributed by atoms with Crippen LogP contribution in [0, 0.1) is 5.41 Å². The number of nitrogens with two attached hydrogens (primary N) is 1. The highest BCUT2D eigenvalue weighted by Crippen LogP contribution is 2.55. The first-order valence-electron chi connectivity index (χ1n) is 11.0. The van der Waals surface area contributed by atoms with Crippen molar-refractivity contribution in [3.63, 3.8) is 0 Å². The highest BCUT2D eigenvalue weighted by Gasteiger charge is 2.44. The number of benzene rings is 3. The highest BCUT2D eigenvalue weighted by molar-refractivity contribution is 8.01. The molecule has 3 aromatic rings. The summed E-state index contributed by atoms with van der Waals surface area (Å²) in [6.45, 7) is 0.702. The molecule has 33 heavy (non-hydrogen) atoms. The molecule has 0 atom stereocenters. The van der Waals surface area contributed by atoms with Crippen LogP contribution in [-0.2, 0) is 4.79 Å². The van der Waals surface area contributed by atoms with Gasteiger partial charge in [-0.25, -0.2) is 0 Å². The molecule has 5 nitrogen and oxygen atoms in total. The van der Waals surface area contributed by atoms with Gasteiger partial charge in [0, 0.05) is 25.1 Å². The van der Waals surface area contributed by atoms with E-state index >= 15 is 0 Å². The molecular weight excluding hydrogens is 447 g/mol. The topological polar surface area (TPSA) is 82.2 Å². The molecular formula is C26H32N4OPS+. The minimum atomic E-state index is -1.80. The highest BCUT2D eigenvalue weighted by atomic mass is 32.2. The fraction of sp³-hybridized carbons (Fsp3) is 0.231. The Morgan fingerprint density at radius 2 is 1.33 bits per heavy atom. The van der Waals surface area contributed by atoms with E-state index in [4.69, 9.17) is 11.1 Å². The van der Waals surface area contributed by atoms with E-state index in [1.54, 1.807) is 7.05 Å². The number of nitrogens with zero attached hydrogens (tertiary/aromatic N) is 1. The number of hydrogen-bond acceptors (Lipinski definition) is 3. The Hall–Kier alpha value is -2.82. The van der Waals surface area contributed by atoms with Crippen LogP contribution in [0.3, 0.4) is 0 Å². The Labute approximate surface area is 201 Å². The Kier molecular flexibility index (Phi) is 9.35. The molecule has 0 fully saturated rings. The van der Waals surface area contributed by atoms with Gasteiger partial charge in [0.2, 0.25) is 5.91 Å². The van der Waals surface area contributed by atoms with Gasteiger partial charge in [-0.15, -0.1) is 0 Å². The van der Waals surface area contributed by atoms with Crippen LogP contribution in [0.4, 0.5) is 0 Å². The SMILES string of the molecule is CN(CC(=O)NCCSCC[P+](c1ccccc1)(c1ccccc1)c1ccccc1)C(=N)N. The maximum atomic E-state index is 12.0. The number of guanidine groups is 1. The molecule has 0 unspecified atom stereocenters. The van der Waals surface area contributed by atoms with Crippen molar-refractivity contribution in [3.8, 4) is 0 Å². The van der Waals surface area contributed by atoms with Crippen LogP contribution >= 0.6 is 19.0 Å². The normalized spacial score (nSPS) is 11.1. The van der Waals surface area contributed by atoms with Crippen molar-refractivity contribution in [2.45, 2.75) is 0 Å². The van der Waals surface area contributed by atoms with Crippen molar-refractivity contribution < 1.29 is 4.79 Å². The molecule has 0 bridgehead atoms. The molecule has 7 heteroatoms. The summed E-state index contributed by atoms with van der Waals surface area (Å²) in [7, 11) is -0.168. The second-order valence-corrected chi connectivity index (χ2v) is 12.6. The van der Waals surface area contributed by atoms with Crippen molar-refractivity contribution in [1.29, 1.82) is 5.41 Å². The third kappa shape index (κ3) is 6.59. The van der Waals surface area contributed by atoms with E-state index in [2.05, 4.69) is 96.3 Å². The second-order valence-electron chi connectivity index (χ2n) is 7.74. The zero-order chi connectivity index (χ0) is 23.5. The first-order valence-corrected chi connectivity index (χ1v) is 14.1. The van der Waals surface area contributed by atoms with Gasteiger partial charge < -0.3 is 16.0 Å². The molecule has 0 radical (unpaired) electrons. The van der Waals surface area contributed by atoms with Crippen molar-refractivity contribution in [2.24, 2.45) is 5.73 Å². The fourth-order valence-corrected chi connectivity index (χ4v) is 9.58. The Balaban J connectivity index is 1.71. The quantitative estimate of drug-likeness (QED) is 0.171. The summed E-state index contributed by atoms with van der Waals surface area (Å²) in [5, 5.41) is 14.4. The minimum Gasteiger partial charge on any atom is -0.370 e. The molecule has 3 aromatic carbocycles. The van der Waals surface area contributed by atoms with Crippen molar-refractivity contribution in [3.05, 3.63) is 91.0 Å². The van der Waals surface area contributed by atoms with E-state index in [1.165, 1.54) is 20.8 Å². The molecule has 1 amide bonds. The summed E-state index contributed by atoms with van der Waals surface area (Å²) < 4.78 is 0. The summed E-state index contributed by atoms with van der Waals surface area (Å²) in [4.78, 5) is 13.4. The molecule has 0 spiro atoms. The number of carbonyl (C=O) groups excluding carboxylic acids is 1. The first kappa shape index (κ1) is 24.8. The average Bonchev–Trinajstić information content (AvgIpc) is 2.85. The largest absolute Gasteiger partial charge is 0.370 e. The van der Waals surface area contributed by atoms with E-state index in [0.717, 1.165) is 17.7 Å². The molecule has 0 aromatic heterocycles. The number of hydrogen-bond donors (Lipinski definition) is 3. The van der Waals surface area contributed by atoms with E-state index in [1.807, 2.05) is 11.8 Å². The van der Waals surface area contributed by atoms with Crippen LogP contribution in [0.15, 0.2) is 91.0 Å². The average molecular weight is 480 g/mol. The van der Waals surface area contributed by atoms with Crippen molar-refractivity contribution in [1.82, 2.24) is 10.2 Å². The summed E-state index contributed by atoms with van der Waals surface area (Å²) in [6.07, 6.45) is 1.05. The summed E-state index contributed by atoms with van der Waals surface area (Å²) in [6, 6.07) is 32.7. The number of carbonyl (C=O) groups is 1. The Morgan fingerprint density at radius 1 is 0.879 bits per heavy atom. The molecule has 0 aliphatic carbocycles. The molecule has 0 saturated carbocycles. The van der Waals surface area contributed by atoms with E-state index in [-0.39, 0.29) is 18.4 Å². The lowest BCUT2D eigenvalue weighted by Gasteiger charge is -2.27. The predicted molar refractivity (Wildman–Crippen MR) is 145 cm³/mol. The third-order valence-corrected chi connectivity index (χ3v) is 11.2. The molecule has 0 aliphatic rings. The Morgan fingerprint density at radius 3 is 1.76 bits per heavy atom. The molecule has 0 heterocycles. The van der Waals surface area contributed by atoms with Gasteiger partial charge in [0.1, 0.15) is 23.2 Å². The van der Waals surface area contributed by atoms with Crippen molar-refractivity contribution in [2.75, 3.05) is 37.8 Å². The molecule has 0 saturated heterocycles. The van der Waals surface area contributed by atoms with Gasteiger partial charge in [0.15, 0.2) is 5.96 Å². The van der Waals surface area contributed by atoms with Crippen LogP contribution in [0.2, 0.25) is 0 Å². The Bertz CT molecular complexity index is 922. The van der Waals surface area contributed by atoms with Gasteiger partial charge in [-0.2, -0.15) is 11.8 Å². The van der Waals surface area contributed by atoms with Crippen LogP contribution in [0.5, 0.6) is 0 Å². The smallest absolute Gasteiger partial charge is 0.239 e. The van der Waals surface area contributed by atoms with Gasteiger partial charge in [-0.1, -0.05) is 54.6 Å². The van der Waals surface area contributed by atoms with Crippen LogP contribution in [-0.4, -0.2) is 54.6 Å². The minimum absolute atomic E-state index is 0.102. The number of thioether (sulfide) groups is 1. The number of rotatable bonds is 11. The van der Waals surface area contributed by atoms with Gasteiger partial charge in [-0.3, -0.25) is 10.2 Å². The number of nitrogens with one attached hydrogen (secondary N) is 2. The predicted octanol–water partition coefficient (Wildman–Crippen LogP) is 2.66. The van der Waals surface area contributed by atoms with Gasteiger partial charge in [0.25, 0.3) is 0 Å². The molecule has 4 N–H and O–H groups in total. The second kappa shape index (κ2) is 12.4. The maximum absolute atomic E-state index is 12.0. The summed E-state index contributed by atoms with van der Waals surface area (Å²) in [5.41, 5.74) is 5.39. The van der Waals surface area contributed by atoms with Crippen LogP contribution in [0.25, 0.3) is 0 Å². The maximum Gasteiger partial charge on any atom is 0.239 e. The zero-order valence-electron chi connectivity index (χ0n) is 19.0. The zero-order valence-corrected chi connectivity index (χ0v) is 20.7. The van der Waals surface area contributed by atoms with Gasteiger partial charge in [-0.05, 0) is 36.4 Å². The van der Waals surface area contributed by atoms with E-state index in [0.29, 0.717) is 6.54 Å².